The Hall–Kier alpha value is -2.77. The number of hydrogen-bond acceptors (Lipinski definition) is 6. The van der Waals surface area contributed by atoms with Crippen molar-refractivity contribution in [3.05, 3.63) is 64.9 Å². The highest BCUT2D eigenvalue weighted by Crippen LogP contribution is 2.22. The Balaban J connectivity index is 1.68. The predicted molar refractivity (Wildman–Crippen MR) is 98.8 cm³/mol. The van der Waals surface area contributed by atoms with Crippen LogP contribution in [0.4, 0.5) is 5.82 Å². The fourth-order valence-corrected chi connectivity index (χ4v) is 3.32. The number of benzene rings is 1. The van der Waals surface area contributed by atoms with Gasteiger partial charge < -0.3 is 10.1 Å². The zero-order chi connectivity index (χ0) is 17.1. The monoisotopic (exact) mass is 351 g/mol. The number of ether oxygens (including phenoxy) is 1. The van der Waals surface area contributed by atoms with Crippen molar-refractivity contribution < 1.29 is 4.74 Å². The quantitative estimate of drug-likeness (QED) is 0.574. The fraction of sp³-hybridized carbons (Fsp3) is 0.167. The van der Waals surface area contributed by atoms with Crippen LogP contribution in [-0.4, -0.2) is 33.5 Å². The van der Waals surface area contributed by atoms with E-state index in [4.69, 9.17) is 4.74 Å². The van der Waals surface area contributed by atoms with Gasteiger partial charge in [0.2, 0.25) is 0 Å². The molecule has 0 aliphatic rings. The van der Waals surface area contributed by atoms with Gasteiger partial charge in [-0.1, -0.05) is 30.3 Å². The smallest absolute Gasteiger partial charge is 0.186 e. The van der Waals surface area contributed by atoms with Gasteiger partial charge in [0.15, 0.2) is 11.5 Å². The minimum absolute atomic E-state index is 0.0113. The summed E-state index contributed by atoms with van der Waals surface area (Å²) in [4.78, 5) is 0. The first-order valence-electron chi connectivity index (χ1n) is 7.90. The molecule has 0 bridgehead atoms. The molecule has 4 aromatic rings. The number of rotatable bonds is 6. The molecule has 6 nitrogen and oxygen atoms in total. The van der Waals surface area contributed by atoms with Gasteiger partial charge in [0.1, 0.15) is 5.82 Å². The molecule has 1 atom stereocenters. The molecule has 0 saturated carbocycles. The molecule has 25 heavy (non-hydrogen) atoms. The van der Waals surface area contributed by atoms with E-state index in [1.807, 2.05) is 47.2 Å². The predicted octanol–water partition coefficient (Wildman–Crippen LogP) is 3.65. The molecule has 1 unspecified atom stereocenters. The number of methoxy groups -OCH3 is 1. The van der Waals surface area contributed by atoms with E-state index in [0.717, 1.165) is 28.4 Å². The molecule has 0 radical (unpaired) electrons. The first-order valence-corrected chi connectivity index (χ1v) is 8.85. The van der Waals surface area contributed by atoms with E-state index >= 15 is 0 Å². The molecule has 0 aliphatic heterocycles. The van der Waals surface area contributed by atoms with Gasteiger partial charge in [-0.3, -0.25) is 0 Å². The van der Waals surface area contributed by atoms with Crippen molar-refractivity contribution >= 4 is 22.8 Å². The highest BCUT2D eigenvalue weighted by molar-refractivity contribution is 7.08. The van der Waals surface area contributed by atoms with Crippen LogP contribution < -0.4 is 5.32 Å². The van der Waals surface area contributed by atoms with Gasteiger partial charge in [-0.05, 0) is 29.1 Å². The van der Waals surface area contributed by atoms with E-state index in [2.05, 4.69) is 32.7 Å². The summed E-state index contributed by atoms with van der Waals surface area (Å²) in [7, 11) is 1.70. The second-order valence-corrected chi connectivity index (χ2v) is 6.37. The lowest BCUT2D eigenvalue weighted by molar-refractivity contribution is 0.186. The third-order valence-corrected chi connectivity index (χ3v) is 4.58. The Morgan fingerprint density at radius 1 is 1.12 bits per heavy atom. The summed E-state index contributed by atoms with van der Waals surface area (Å²) in [5.74, 6) is 1.48. The number of anilines is 1. The maximum atomic E-state index is 5.37. The summed E-state index contributed by atoms with van der Waals surface area (Å²) >= 11 is 1.62. The van der Waals surface area contributed by atoms with Crippen LogP contribution in [0.15, 0.2) is 59.3 Å². The van der Waals surface area contributed by atoms with E-state index in [1.54, 1.807) is 23.0 Å². The molecular weight excluding hydrogens is 334 g/mol. The van der Waals surface area contributed by atoms with E-state index in [9.17, 15) is 0 Å². The Morgan fingerprint density at radius 2 is 2.00 bits per heavy atom. The van der Waals surface area contributed by atoms with Gasteiger partial charge in [-0.15, -0.1) is 15.3 Å². The standard InChI is InChI=1S/C18H17N5OS/c1-24-11-15(13-5-3-2-4-6-13)19-16-7-8-17-20-21-18(23(17)22-16)14-9-10-25-12-14/h2-10,12,15H,11H2,1H3,(H,19,22). The molecule has 0 saturated heterocycles. The zero-order valence-corrected chi connectivity index (χ0v) is 14.5. The number of thiophene rings is 1. The largest absolute Gasteiger partial charge is 0.382 e. The lowest BCUT2D eigenvalue weighted by atomic mass is 10.1. The number of nitrogens with one attached hydrogen (secondary N) is 1. The van der Waals surface area contributed by atoms with Gasteiger partial charge in [0.25, 0.3) is 0 Å². The van der Waals surface area contributed by atoms with E-state index < -0.39 is 0 Å². The minimum atomic E-state index is 0.0113. The Morgan fingerprint density at radius 3 is 2.76 bits per heavy atom. The van der Waals surface area contributed by atoms with Crippen molar-refractivity contribution in [2.24, 2.45) is 0 Å². The molecule has 0 spiro atoms. The molecule has 126 valence electrons. The zero-order valence-electron chi connectivity index (χ0n) is 13.7. The number of hydrogen-bond donors (Lipinski definition) is 1. The van der Waals surface area contributed by atoms with Crippen LogP contribution in [-0.2, 0) is 4.74 Å². The summed E-state index contributed by atoms with van der Waals surface area (Å²) in [5, 5.41) is 20.6. The number of aromatic nitrogens is 4. The van der Waals surface area contributed by atoms with Crippen molar-refractivity contribution in [3.63, 3.8) is 0 Å². The lowest BCUT2D eigenvalue weighted by Gasteiger charge is -2.19. The molecule has 3 aromatic heterocycles. The first kappa shape index (κ1) is 15.7. The van der Waals surface area contributed by atoms with Gasteiger partial charge in [-0.25, -0.2) is 0 Å². The van der Waals surface area contributed by atoms with Crippen molar-refractivity contribution in [1.82, 2.24) is 19.8 Å². The third kappa shape index (κ3) is 3.24. The van der Waals surface area contributed by atoms with Crippen LogP contribution in [0, 0.1) is 0 Å². The molecule has 4 rings (SSSR count). The van der Waals surface area contributed by atoms with Crippen LogP contribution in [0.3, 0.4) is 0 Å². The van der Waals surface area contributed by atoms with Crippen molar-refractivity contribution in [1.29, 1.82) is 0 Å². The average Bonchev–Trinajstić information content (AvgIpc) is 3.31. The number of nitrogens with zero attached hydrogens (tertiary/aromatic N) is 4. The molecule has 1 N–H and O–H groups in total. The second-order valence-electron chi connectivity index (χ2n) is 5.59. The Bertz CT molecular complexity index is 952. The Kier molecular flexibility index (Phi) is 4.41. The normalized spacial score (nSPS) is 12.4. The molecule has 1 aromatic carbocycles. The van der Waals surface area contributed by atoms with Gasteiger partial charge >= 0.3 is 0 Å². The molecule has 0 fully saturated rings. The van der Waals surface area contributed by atoms with Crippen molar-refractivity contribution in [2.45, 2.75) is 6.04 Å². The van der Waals surface area contributed by atoms with E-state index in [-0.39, 0.29) is 6.04 Å². The topological polar surface area (TPSA) is 64.3 Å². The molecule has 7 heteroatoms. The molecule has 0 aliphatic carbocycles. The van der Waals surface area contributed by atoms with Gasteiger partial charge in [-0.2, -0.15) is 15.9 Å². The van der Waals surface area contributed by atoms with Crippen LogP contribution in [0.25, 0.3) is 17.0 Å². The average molecular weight is 351 g/mol. The molecule has 3 heterocycles. The summed E-state index contributed by atoms with van der Waals surface area (Å²) in [6, 6.07) is 16.0. The second kappa shape index (κ2) is 7.00. The highest BCUT2D eigenvalue weighted by Gasteiger charge is 2.14. The lowest BCUT2D eigenvalue weighted by Crippen LogP contribution is -2.17. The Labute approximate surface area is 149 Å². The SMILES string of the molecule is COCC(Nc1ccc2nnc(-c3ccsc3)n2n1)c1ccccc1. The van der Waals surface area contributed by atoms with E-state index in [1.165, 1.54) is 0 Å². The number of fused-ring (bicyclic) bond motifs is 1. The van der Waals surface area contributed by atoms with Crippen LogP contribution >= 0.6 is 11.3 Å². The fourth-order valence-electron chi connectivity index (χ4n) is 2.69. The van der Waals surface area contributed by atoms with Crippen LogP contribution in [0.1, 0.15) is 11.6 Å². The minimum Gasteiger partial charge on any atom is -0.382 e. The summed E-state index contributed by atoms with van der Waals surface area (Å²) < 4.78 is 7.13. The van der Waals surface area contributed by atoms with Crippen LogP contribution in [0.2, 0.25) is 0 Å². The first-order chi connectivity index (χ1) is 12.3. The van der Waals surface area contributed by atoms with Gasteiger partial charge in [0, 0.05) is 18.1 Å². The highest BCUT2D eigenvalue weighted by atomic mass is 32.1. The van der Waals surface area contributed by atoms with Crippen LogP contribution in [0.5, 0.6) is 0 Å². The molecular formula is C18H17N5OS. The molecule has 0 amide bonds. The van der Waals surface area contributed by atoms with E-state index in [0.29, 0.717) is 6.61 Å². The maximum absolute atomic E-state index is 5.37. The van der Waals surface area contributed by atoms with Crippen molar-refractivity contribution in [2.75, 3.05) is 19.0 Å². The van der Waals surface area contributed by atoms with Crippen molar-refractivity contribution in [3.8, 4) is 11.4 Å². The summed E-state index contributed by atoms with van der Waals surface area (Å²) in [6.07, 6.45) is 0. The summed E-state index contributed by atoms with van der Waals surface area (Å²) in [5.41, 5.74) is 2.88. The maximum Gasteiger partial charge on any atom is 0.186 e. The van der Waals surface area contributed by atoms with Gasteiger partial charge in [0.05, 0.1) is 12.6 Å². The third-order valence-electron chi connectivity index (χ3n) is 3.90. The summed E-state index contributed by atoms with van der Waals surface area (Å²) in [6.45, 7) is 0.545.